The van der Waals surface area contributed by atoms with Crippen LogP contribution in [0.4, 0.5) is 0 Å². The normalized spacial score (nSPS) is 13.7. The number of hydrogen-bond acceptors (Lipinski definition) is 7. The minimum atomic E-state index is -0.301. The monoisotopic (exact) mass is 733 g/mol. The lowest BCUT2D eigenvalue weighted by Gasteiger charge is -2.32. The van der Waals surface area contributed by atoms with Crippen molar-refractivity contribution >= 4 is 11.7 Å². The van der Waals surface area contributed by atoms with Crippen molar-refractivity contribution < 1.29 is 0 Å². The molecule has 7 heteroatoms. The number of aliphatic imine (C=N–C) groups is 2. The smallest absolute Gasteiger partial charge is 0.164 e. The zero-order valence-electron chi connectivity index (χ0n) is 31.1. The second-order valence-electron chi connectivity index (χ2n) is 13.7. The molecule has 1 atom stereocenters. The third-order valence-electron chi connectivity index (χ3n) is 10.1. The van der Waals surface area contributed by atoms with E-state index >= 15 is 0 Å². The number of hydrogen-bond donors (Lipinski definition) is 0. The van der Waals surface area contributed by atoms with Crippen LogP contribution >= 0.6 is 0 Å². The largest absolute Gasteiger partial charge is 0.333 e. The van der Waals surface area contributed by atoms with E-state index in [0.29, 0.717) is 28.9 Å². The van der Waals surface area contributed by atoms with Crippen LogP contribution < -0.4 is 0 Å². The van der Waals surface area contributed by atoms with Gasteiger partial charge in [0.15, 0.2) is 23.3 Å². The molecule has 2 heterocycles. The van der Waals surface area contributed by atoms with Crippen LogP contribution in [0.1, 0.15) is 28.4 Å². The van der Waals surface area contributed by atoms with Gasteiger partial charge in [0.25, 0.3) is 0 Å². The third-order valence-corrected chi connectivity index (χ3v) is 10.1. The quantitative estimate of drug-likeness (QED) is 0.155. The molecule has 0 radical (unpaired) electrons. The second-order valence-corrected chi connectivity index (χ2v) is 13.7. The van der Waals surface area contributed by atoms with Crippen molar-refractivity contribution in [2.24, 2.45) is 9.98 Å². The van der Waals surface area contributed by atoms with Gasteiger partial charge in [-0.3, -0.25) is 0 Å². The fraction of sp³-hybridized carbons (Fsp3) is 0.0400. The molecule has 0 spiro atoms. The molecule has 1 aliphatic heterocycles. The molecule has 0 aliphatic carbocycles. The van der Waals surface area contributed by atoms with Gasteiger partial charge in [-0.15, -0.1) is 0 Å². The number of nitriles is 1. The average Bonchev–Trinajstić information content (AvgIpc) is 3.30. The number of nitrogens with zero attached hydrogens (tertiary/aromatic N) is 7. The Balaban J connectivity index is 1.24. The Morgan fingerprint density at radius 1 is 0.456 bits per heavy atom. The van der Waals surface area contributed by atoms with Gasteiger partial charge in [0, 0.05) is 34.9 Å². The number of benzene rings is 7. The summed E-state index contributed by atoms with van der Waals surface area (Å²) in [4.78, 5) is 27.8. The summed E-state index contributed by atoms with van der Waals surface area (Å²) in [6.45, 7) is 0. The Morgan fingerprint density at radius 2 is 0.912 bits per heavy atom. The van der Waals surface area contributed by atoms with Gasteiger partial charge in [-0.2, -0.15) is 5.26 Å². The molecule has 7 aromatic carbocycles. The molecule has 9 rings (SSSR count). The molecule has 0 N–H and O–H groups in total. The van der Waals surface area contributed by atoms with Crippen LogP contribution in [0, 0.1) is 11.3 Å². The molecule has 7 nitrogen and oxygen atoms in total. The van der Waals surface area contributed by atoms with Crippen molar-refractivity contribution in [1.82, 2.24) is 19.9 Å². The first kappa shape index (κ1) is 34.9. The van der Waals surface area contributed by atoms with Crippen molar-refractivity contribution in [3.63, 3.8) is 0 Å². The van der Waals surface area contributed by atoms with Crippen LogP contribution in [0.3, 0.4) is 0 Å². The van der Waals surface area contributed by atoms with Gasteiger partial charge in [-0.1, -0.05) is 176 Å². The molecule has 0 amide bonds. The SMILES string of the molecule is CN1C(c2ccccc2)=NC(c2ccccc2-c2ccc(C#N)cc2-c2ccccc2-c2nc(-c3ccccc3)nc(-c3ccccc3)n2)=NC1c1ccccc1. The Bertz CT molecular complexity index is 2750. The highest BCUT2D eigenvalue weighted by Gasteiger charge is 2.28. The second kappa shape index (κ2) is 15.5. The lowest BCUT2D eigenvalue weighted by molar-refractivity contribution is 0.383. The van der Waals surface area contributed by atoms with E-state index in [0.717, 1.165) is 61.5 Å². The van der Waals surface area contributed by atoms with E-state index < -0.39 is 0 Å². The number of amidine groups is 2. The maximum atomic E-state index is 10.2. The number of aromatic nitrogens is 3. The van der Waals surface area contributed by atoms with E-state index in [2.05, 4.69) is 53.4 Å². The molecule has 8 aromatic rings. The predicted octanol–water partition coefficient (Wildman–Crippen LogP) is 10.9. The van der Waals surface area contributed by atoms with Crippen molar-refractivity contribution in [1.29, 1.82) is 5.26 Å². The summed E-state index contributed by atoms with van der Waals surface area (Å²) in [5, 5.41) is 10.2. The molecule has 0 saturated heterocycles. The molecule has 0 fully saturated rings. The molecular formula is C50H35N7. The summed E-state index contributed by atoms with van der Waals surface area (Å²) < 4.78 is 0. The summed E-state index contributed by atoms with van der Waals surface area (Å²) in [6.07, 6.45) is -0.301. The average molecular weight is 734 g/mol. The Hall–Kier alpha value is -7.82. The van der Waals surface area contributed by atoms with Crippen molar-refractivity contribution in [3.8, 4) is 62.5 Å². The van der Waals surface area contributed by atoms with E-state index in [1.165, 1.54) is 0 Å². The van der Waals surface area contributed by atoms with Crippen LogP contribution in [0.2, 0.25) is 0 Å². The van der Waals surface area contributed by atoms with Crippen LogP contribution in [-0.2, 0) is 0 Å². The van der Waals surface area contributed by atoms with Crippen LogP contribution in [0.5, 0.6) is 0 Å². The molecule has 1 unspecified atom stereocenters. The zero-order valence-corrected chi connectivity index (χ0v) is 31.1. The predicted molar refractivity (Wildman–Crippen MR) is 228 cm³/mol. The maximum absolute atomic E-state index is 10.2. The first-order chi connectivity index (χ1) is 28.1. The minimum absolute atomic E-state index is 0.301. The Kier molecular flexibility index (Phi) is 9.50. The van der Waals surface area contributed by atoms with E-state index in [1.54, 1.807) is 0 Å². The summed E-state index contributed by atoms with van der Waals surface area (Å²) in [5.41, 5.74) is 9.67. The molecule has 0 bridgehead atoms. The first-order valence-corrected chi connectivity index (χ1v) is 18.7. The molecule has 57 heavy (non-hydrogen) atoms. The van der Waals surface area contributed by atoms with Crippen LogP contribution in [-0.4, -0.2) is 38.6 Å². The summed E-state index contributed by atoms with van der Waals surface area (Å²) in [6, 6.07) is 65.0. The van der Waals surface area contributed by atoms with Crippen LogP contribution in [0.15, 0.2) is 198 Å². The minimum Gasteiger partial charge on any atom is -0.333 e. The highest BCUT2D eigenvalue weighted by atomic mass is 15.3. The first-order valence-electron chi connectivity index (χ1n) is 18.7. The fourth-order valence-corrected chi connectivity index (χ4v) is 7.26. The zero-order chi connectivity index (χ0) is 38.6. The topological polar surface area (TPSA) is 90.4 Å². The Morgan fingerprint density at radius 3 is 1.49 bits per heavy atom. The van der Waals surface area contributed by atoms with E-state index in [1.807, 2.05) is 153 Å². The molecule has 1 aromatic heterocycles. The molecule has 1 aliphatic rings. The van der Waals surface area contributed by atoms with Gasteiger partial charge < -0.3 is 4.90 Å². The van der Waals surface area contributed by atoms with Gasteiger partial charge in [-0.05, 0) is 39.9 Å². The van der Waals surface area contributed by atoms with Gasteiger partial charge >= 0.3 is 0 Å². The van der Waals surface area contributed by atoms with E-state index in [-0.39, 0.29) is 6.17 Å². The number of rotatable bonds is 8. The summed E-state index contributed by atoms with van der Waals surface area (Å²) in [7, 11) is 2.04. The van der Waals surface area contributed by atoms with Crippen LogP contribution in [0.25, 0.3) is 56.4 Å². The highest BCUT2D eigenvalue weighted by Crippen LogP contribution is 2.41. The highest BCUT2D eigenvalue weighted by molar-refractivity contribution is 6.15. The van der Waals surface area contributed by atoms with Crippen molar-refractivity contribution in [3.05, 3.63) is 210 Å². The molecule has 0 saturated carbocycles. The van der Waals surface area contributed by atoms with E-state index in [4.69, 9.17) is 24.9 Å². The van der Waals surface area contributed by atoms with E-state index in [9.17, 15) is 5.26 Å². The lowest BCUT2D eigenvalue weighted by atomic mass is 9.88. The maximum Gasteiger partial charge on any atom is 0.164 e. The molecule has 270 valence electrons. The fourth-order valence-electron chi connectivity index (χ4n) is 7.26. The lowest BCUT2D eigenvalue weighted by Crippen LogP contribution is -2.35. The molecular weight excluding hydrogens is 699 g/mol. The van der Waals surface area contributed by atoms with Gasteiger partial charge in [0.05, 0.1) is 11.6 Å². The van der Waals surface area contributed by atoms with Crippen molar-refractivity contribution in [2.75, 3.05) is 7.05 Å². The van der Waals surface area contributed by atoms with Gasteiger partial charge in [0.2, 0.25) is 0 Å². The standard InChI is InChI=1S/C50H35N7/c1-57-49(37-22-10-4-11-23-37)55-48(56-50(57)38-24-12-5-13-25-38)42-28-16-14-26-39(42)41-31-30-34(33-51)32-44(41)40-27-15-17-29-43(40)47-53-45(35-18-6-2-7-19-35)52-46(54-47)36-20-8-3-9-21-36/h2-32,49H,1H3. The Labute approximate surface area is 331 Å². The third kappa shape index (κ3) is 7.00. The van der Waals surface area contributed by atoms with Crippen molar-refractivity contribution in [2.45, 2.75) is 6.17 Å². The van der Waals surface area contributed by atoms with Gasteiger partial charge in [-0.25, -0.2) is 24.9 Å². The summed E-state index contributed by atoms with van der Waals surface area (Å²) in [5.74, 6) is 3.13. The van der Waals surface area contributed by atoms with Gasteiger partial charge in [0.1, 0.15) is 12.0 Å². The summed E-state index contributed by atoms with van der Waals surface area (Å²) >= 11 is 0.